The van der Waals surface area contributed by atoms with Gasteiger partial charge in [0.2, 0.25) is 17.7 Å². The Morgan fingerprint density at radius 2 is 2.00 bits per heavy atom. The van der Waals surface area contributed by atoms with Gasteiger partial charge in [0.25, 0.3) is 0 Å². The maximum absolute atomic E-state index is 12.7. The summed E-state index contributed by atoms with van der Waals surface area (Å²) >= 11 is 0. The minimum atomic E-state index is 0.0114. The van der Waals surface area contributed by atoms with Crippen molar-refractivity contribution >= 4 is 11.8 Å². The molecule has 2 fully saturated rings. The normalized spacial score (nSPS) is 22.8. The van der Waals surface area contributed by atoms with E-state index in [1.54, 1.807) is 18.7 Å². The van der Waals surface area contributed by atoms with E-state index < -0.39 is 0 Å². The number of nitrogens with one attached hydrogen (secondary N) is 1. The second kappa shape index (κ2) is 8.82. The van der Waals surface area contributed by atoms with Crippen LogP contribution in [0.2, 0.25) is 0 Å². The van der Waals surface area contributed by atoms with Gasteiger partial charge < -0.3 is 14.7 Å². The molecule has 1 aliphatic heterocycles. The fraction of sp³-hybridized carbons (Fsp3) is 0.789. The van der Waals surface area contributed by atoms with Crippen LogP contribution in [-0.2, 0) is 16.0 Å². The van der Waals surface area contributed by atoms with E-state index >= 15 is 0 Å². The van der Waals surface area contributed by atoms with Gasteiger partial charge in [0, 0.05) is 65.5 Å². The molecule has 0 aromatic carbocycles. The van der Waals surface area contributed by atoms with E-state index in [4.69, 9.17) is 4.52 Å². The second-order valence-corrected chi connectivity index (χ2v) is 7.96. The maximum atomic E-state index is 12.7. The summed E-state index contributed by atoms with van der Waals surface area (Å²) in [5.41, 5.74) is 0. The van der Waals surface area contributed by atoms with Crippen molar-refractivity contribution < 1.29 is 14.1 Å². The quantitative estimate of drug-likeness (QED) is 0.694. The van der Waals surface area contributed by atoms with Gasteiger partial charge in [-0.2, -0.15) is 4.98 Å². The number of rotatable bonds is 9. The van der Waals surface area contributed by atoms with Gasteiger partial charge in [-0.25, -0.2) is 0 Å². The zero-order chi connectivity index (χ0) is 19.4. The average Bonchev–Trinajstić information content (AvgIpc) is 3.23. The van der Waals surface area contributed by atoms with Gasteiger partial charge >= 0.3 is 0 Å². The zero-order valence-corrected chi connectivity index (χ0v) is 16.6. The van der Waals surface area contributed by atoms with Gasteiger partial charge in [-0.3, -0.25) is 14.5 Å². The lowest BCUT2D eigenvalue weighted by atomic mass is 10.1. The third kappa shape index (κ3) is 5.76. The van der Waals surface area contributed by atoms with Crippen molar-refractivity contribution in [2.24, 2.45) is 5.92 Å². The summed E-state index contributed by atoms with van der Waals surface area (Å²) in [6.07, 6.45) is 5.76. The Labute approximate surface area is 160 Å². The summed E-state index contributed by atoms with van der Waals surface area (Å²) in [6.45, 7) is 5.63. The SMILES string of the molecule is CC(=O)NC[C@H]1CC[C@@H](CC(=O)N(C)CCc2noc(C)n2)N1CC1CC1. The molecule has 2 amide bonds. The molecule has 150 valence electrons. The molecule has 0 unspecified atom stereocenters. The molecule has 1 aromatic heterocycles. The fourth-order valence-corrected chi connectivity index (χ4v) is 3.80. The Hall–Kier alpha value is -1.96. The first kappa shape index (κ1) is 19.8. The minimum absolute atomic E-state index is 0.0114. The van der Waals surface area contributed by atoms with Crippen LogP contribution in [0.15, 0.2) is 4.52 Å². The third-order valence-electron chi connectivity index (χ3n) is 5.60. The van der Waals surface area contributed by atoms with E-state index in [-0.39, 0.29) is 17.9 Å². The number of likely N-dealkylation sites (tertiary alicyclic amines) is 1. The van der Waals surface area contributed by atoms with Gasteiger partial charge in [-0.05, 0) is 31.6 Å². The molecule has 0 radical (unpaired) electrons. The van der Waals surface area contributed by atoms with Crippen LogP contribution in [0.25, 0.3) is 0 Å². The van der Waals surface area contributed by atoms with Gasteiger partial charge in [0.05, 0.1) is 0 Å². The number of hydrogen-bond donors (Lipinski definition) is 1. The summed E-state index contributed by atoms with van der Waals surface area (Å²) in [5, 5.41) is 6.83. The van der Waals surface area contributed by atoms with Crippen molar-refractivity contribution in [2.45, 2.75) is 64.5 Å². The van der Waals surface area contributed by atoms with Crippen molar-refractivity contribution in [3.63, 3.8) is 0 Å². The predicted octanol–water partition coefficient (Wildman–Crippen LogP) is 1.15. The van der Waals surface area contributed by atoms with Gasteiger partial charge in [-0.15, -0.1) is 0 Å². The van der Waals surface area contributed by atoms with Gasteiger partial charge in [0.15, 0.2) is 5.82 Å². The van der Waals surface area contributed by atoms with Crippen LogP contribution in [0, 0.1) is 12.8 Å². The Morgan fingerprint density at radius 1 is 1.26 bits per heavy atom. The molecule has 0 spiro atoms. The molecular formula is C19H31N5O3. The van der Waals surface area contributed by atoms with Crippen molar-refractivity contribution in [2.75, 3.05) is 26.7 Å². The van der Waals surface area contributed by atoms with E-state index in [2.05, 4.69) is 20.4 Å². The van der Waals surface area contributed by atoms with Crippen molar-refractivity contribution in [1.29, 1.82) is 0 Å². The number of carbonyl (C=O) groups excluding carboxylic acids is 2. The number of carbonyl (C=O) groups is 2. The lowest BCUT2D eigenvalue weighted by Gasteiger charge is -2.31. The fourth-order valence-electron chi connectivity index (χ4n) is 3.80. The molecule has 1 saturated heterocycles. The highest BCUT2D eigenvalue weighted by molar-refractivity contribution is 5.76. The summed E-state index contributed by atoms with van der Waals surface area (Å²) in [4.78, 5) is 32.4. The molecule has 27 heavy (non-hydrogen) atoms. The van der Waals surface area contributed by atoms with Crippen LogP contribution in [0.5, 0.6) is 0 Å². The molecule has 3 rings (SSSR count). The van der Waals surface area contributed by atoms with Crippen LogP contribution in [0.4, 0.5) is 0 Å². The number of hydrogen-bond acceptors (Lipinski definition) is 6. The smallest absolute Gasteiger partial charge is 0.223 e. The molecule has 0 bridgehead atoms. The molecular weight excluding hydrogens is 346 g/mol. The van der Waals surface area contributed by atoms with E-state index in [1.807, 2.05) is 7.05 Å². The van der Waals surface area contributed by atoms with Crippen molar-refractivity contribution in [3.8, 4) is 0 Å². The molecule has 2 heterocycles. The molecule has 2 atom stereocenters. The van der Waals surface area contributed by atoms with Crippen LogP contribution >= 0.6 is 0 Å². The number of nitrogens with zero attached hydrogens (tertiary/aromatic N) is 4. The predicted molar refractivity (Wildman–Crippen MR) is 99.9 cm³/mol. The minimum Gasteiger partial charge on any atom is -0.355 e. The molecule has 1 N–H and O–H groups in total. The molecule has 1 aliphatic carbocycles. The zero-order valence-electron chi connectivity index (χ0n) is 16.6. The van der Waals surface area contributed by atoms with Crippen LogP contribution in [0.1, 0.15) is 50.7 Å². The molecule has 8 nitrogen and oxygen atoms in total. The molecule has 8 heteroatoms. The summed E-state index contributed by atoms with van der Waals surface area (Å²) in [6, 6.07) is 0.617. The number of likely N-dealkylation sites (N-methyl/N-ethyl adjacent to an activating group) is 1. The van der Waals surface area contributed by atoms with Crippen molar-refractivity contribution in [3.05, 3.63) is 11.7 Å². The average molecular weight is 377 g/mol. The standard InChI is InChI=1S/C19H31N5O3/c1-13(25)20-11-17-7-6-16(24(17)12-15-4-5-15)10-19(26)23(3)9-8-18-21-14(2)27-22-18/h15-17H,4-12H2,1-3H3,(H,20,25)/t16-,17+/m0/s1. The van der Waals surface area contributed by atoms with E-state index in [0.717, 1.165) is 25.3 Å². The Balaban J connectivity index is 1.50. The lowest BCUT2D eigenvalue weighted by molar-refractivity contribution is -0.131. The maximum Gasteiger partial charge on any atom is 0.223 e. The summed E-state index contributed by atoms with van der Waals surface area (Å²) < 4.78 is 4.97. The summed E-state index contributed by atoms with van der Waals surface area (Å²) in [5.74, 6) is 2.11. The van der Waals surface area contributed by atoms with Crippen LogP contribution < -0.4 is 5.32 Å². The highest BCUT2D eigenvalue weighted by Gasteiger charge is 2.38. The largest absolute Gasteiger partial charge is 0.355 e. The van der Waals surface area contributed by atoms with E-state index in [1.165, 1.54) is 12.8 Å². The number of aryl methyl sites for hydroxylation is 1. The molecule has 1 aromatic rings. The number of amides is 2. The second-order valence-electron chi connectivity index (χ2n) is 7.96. The topological polar surface area (TPSA) is 91.6 Å². The highest BCUT2D eigenvalue weighted by Crippen LogP contribution is 2.35. The number of aromatic nitrogens is 2. The first-order valence-electron chi connectivity index (χ1n) is 9.95. The Bertz CT molecular complexity index is 658. The van der Waals surface area contributed by atoms with Gasteiger partial charge in [0.1, 0.15) is 0 Å². The van der Waals surface area contributed by atoms with Gasteiger partial charge in [-0.1, -0.05) is 5.16 Å². The monoisotopic (exact) mass is 377 g/mol. The summed E-state index contributed by atoms with van der Waals surface area (Å²) in [7, 11) is 1.84. The van der Waals surface area contributed by atoms with E-state index in [9.17, 15) is 9.59 Å². The highest BCUT2D eigenvalue weighted by atomic mass is 16.5. The lowest BCUT2D eigenvalue weighted by Crippen LogP contribution is -2.45. The molecule has 1 saturated carbocycles. The van der Waals surface area contributed by atoms with Crippen LogP contribution in [0.3, 0.4) is 0 Å². The van der Waals surface area contributed by atoms with Crippen LogP contribution in [-0.4, -0.2) is 70.5 Å². The Kier molecular flexibility index (Phi) is 6.46. The third-order valence-corrected chi connectivity index (χ3v) is 5.60. The van der Waals surface area contributed by atoms with Crippen molar-refractivity contribution in [1.82, 2.24) is 25.3 Å². The Morgan fingerprint density at radius 3 is 2.63 bits per heavy atom. The first-order chi connectivity index (χ1) is 12.9. The molecule has 2 aliphatic rings. The first-order valence-corrected chi connectivity index (χ1v) is 9.95. The van der Waals surface area contributed by atoms with E-state index in [0.29, 0.717) is 43.7 Å².